The molecule has 0 aliphatic heterocycles. The standard InChI is InChI=1S/C11H5NS2.6CH3.2Sn/c12-8-9(11-4-2-6-14-11)7-10-3-1-5-13-10;;;;;;;;/h1-4,7H;6*1H3;;/b9-7+;;;;;;;;. The Bertz CT molecular complexity index is 734. The average molecular weight is 543 g/mol. The van der Waals surface area contributed by atoms with Crippen LogP contribution in [-0.4, -0.2) is 36.8 Å². The molecular formula is C17H23NS2Sn2. The zero-order valence-corrected chi connectivity index (χ0v) is 21.5. The summed E-state index contributed by atoms with van der Waals surface area (Å²) in [5, 5.41) is 9.54. The topological polar surface area (TPSA) is 23.8 Å². The zero-order chi connectivity index (χ0) is 16.5. The summed E-state index contributed by atoms with van der Waals surface area (Å²) < 4.78 is 3.10. The Kier molecular flexibility index (Phi) is 5.91. The number of allylic oxidation sites excluding steroid dienone is 1. The summed E-state index contributed by atoms with van der Waals surface area (Å²) in [6.45, 7) is 0. The van der Waals surface area contributed by atoms with Crippen LogP contribution in [-0.2, 0) is 0 Å². The van der Waals surface area contributed by atoms with Crippen molar-refractivity contribution < 1.29 is 0 Å². The molecular weight excluding hydrogens is 520 g/mol. The van der Waals surface area contributed by atoms with Crippen LogP contribution < -0.4 is 5.79 Å². The Labute approximate surface area is 150 Å². The predicted octanol–water partition coefficient (Wildman–Crippen LogP) is 4.96. The second kappa shape index (κ2) is 7.00. The minimum atomic E-state index is -2.02. The van der Waals surface area contributed by atoms with Crippen LogP contribution in [0.25, 0.3) is 11.6 Å². The Morgan fingerprint density at radius 2 is 1.45 bits per heavy atom. The molecule has 22 heavy (non-hydrogen) atoms. The zero-order valence-electron chi connectivity index (χ0n) is 14.2. The molecule has 1 nitrogen and oxygen atoms in total. The first-order chi connectivity index (χ1) is 10.1. The van der Waals surface area contributed by atoms with E-state index in [1.54, 1.807) is 2.89 Å². The fourth-order valence-electron chi connectivity index (χ4n) is 2.02. The molecule has 2 aromatic rings. The van der Waals surface area contributed by atoms with Gasteiger partial charge in [-0.25, -0.2) is 0 Å². The molecule has 0 aliphatic rings. The maximum atomic E-state index is 9.54. The molecule has 0 saturated carbocycles. The predicted molar refractivity (Wildman–Crippen MR) is 108 cm³/mol. The molecule has 2 heterocycles. The molecule has 0 bridgehead atoms. The van der Waals surface area contributed by atoms with Gasteiger partial charge in [0.05, 0.1) is 0 Å². The third kappa shape index (κ3) is 4.62. The van der Waals surface area contributed by atoms with Gasteiger partial charge in [-0.3, -0.25) is 0 Å². The van der Waals surface area contributed by atoms with Gasteiger partial charge in [-0.05, 0) is 0 Å². The van der Waals surface area contributed by atoms with Crippen LogP contribution in [0, 0.1) is 11.3 Å². The van der Waals surface area contributed by atoms with Crippen molar-refractivity contribution in [2.75, 3.05) is 0 Å². The van der Waals surface area contributed by atoms with Crippen molar-refractivity contribution in [3.8, 4) is 6.07 Å². The van der Waals surface area contributed by atoms with E-state index in [4.69, 9.17) is 0 Å². The number of hydrogen-bond donors (Lipinski definition) is 0. The number of nitriles is 1. The van der Waals surface area contributed by atoms with E-state index in [2.05, 4.69) is 66.0 Å². The van der Waals surface area contributed by atoms with Crippen molar-refractivity contribution in [1.29, 1.82) is 5.26 Å². The first-order valence-electron chi connectivity index (χ1n) is 7.44. The average Bonchev–Trinajstić information content (AvgIpc) is 3.03. The van der Waals surface area contributed by atoms with E-state index < -0.39 is 36.8 Å². The Morgan fingerprint density at radius 1 is 0.909 bits per heavy atom. The van der Waals surface area contributed by atoms with Crippen LogP contribution in [0.15, 0.2) is 24.3 Å². The third-order valence-electron chi connectivity index (χ3n) is 3.38. The first kappa shape index (κ1) is 18.6. The van der Waals surface area contributed by atoms with Crippen LogP contribution in [0.5, 0.6) is 0 Å². The first-order valence-corrected chi connectivity index (χ1v) is 29.1. The number of nitrogens with zero attached hydrogens (tertiary/aromatic N) is 1. The molecule has 2 aromatic heterocycles. The molecule has 5 heteroatoms. The van der Waals surface area contributed by atoms with Gasteiger partial charge >= 0.3 is 152 Å². The molecule has 0 unspecified atom stereocenters. The van der Waals surface area contributed by atoms with Gasteiger partial charge in [0.2, 0.25) is 0 Å². The summed E-state index contributed by atoms with van der Waals surface area (Å²) in [6, 6.07) is 11.2. The van der Waals surface area contributed by atoms with Crippen molar-refractivity contribution in [1.82, 2.24) is 0 Å². The number of rotatable bonds is 4. The van der Waals surface area contributed by atoms with Crippen LogP contribution >= 0.6 is 22.7 Å². The Hall–Kier alpha value is 0.227. The maximum absolute atomic E-state index is 9.54. The summed E-state index contributed by atoms with van der Waals surface area (Å²) in [5.41, 5.74) is 0.810. The van der Waals surface area contributed by atoms with Gasteiger partial charge in [0, 0.05) is 0 Å². The summed E-state index contributed by atoms with van der Waals surface area (Å²) in [5.74, 6) is 0. The number of thiophene rings is 2. The second-order valence-electron chi connectivity index (χ2n) is 7.54. The summed E-state index contributed by atoms with van der Waals surface area (Å²) in [4.78, 5) is 16.9. The molecule has 0 N–H and O–H groups in total. The Balaban J connectivity index is 2.34. The molecule has 0 amide bonds. The van der Waals surface area contributed by atoms with Gasteiger partial charge in [0.1, 0.15) is 0 Å². The molecule has 0 saturated heterocycles. The van der Waals surface area contributed by atoms with Gasteiger partial charge in [-0.2, -0.15) is 0 Å². The van der Waals surface area contributed by atoms with Crippen molar-refractivity contribution in [3.63, 3.8) is 0 Å². The van der Waals surface area contributed by atoms with E-state index >= 15 is 0 Å². The van der Waals surface area contributed by atoms with Gasteiger partial charge in [0.15, 0.2) is 0 Å². The minimum absolute atomic E-state index is 0.810. The van der Waals surface area contributed by atoms with E-state index in [0.29, 0.717) is 0 Å². The quantitative estimate of drug-likeness (QED) is 0.396. The van der Waals surface area contributed by atoms with Crippen LogP contribution in [0.3, 0.4) is 0 Å². The Morgan fingerprint density at radius 3 is 1.91 bits per heavy atom. The van der Waals surface area contributed by atoms with Crippen molar-refractivity contribution in [3.05, 3.63) is 34.0 Å². The fourth-order valence-corrected chi connectivity index (χ4v) is 14.6. The van der Waals surface area contributed by atoms with Crippen molar-refractivity contribution >= 4 is 76.9 Å². The molecule has 116 valence electrons. The molecule has 0 atom stereocenters. The molecule has 0 fully saturated rings. The van der Waals surface area contributed by atoms with Crippen molar-refractivity contribution in [2.45, 2.75) is 29.6 Å². The van der Waals surface area contributed by atoms with E-state index in [0.717, 1.165) is 10.5 Å². The van der Waals surface area contributed by atoms with E-state index in [1.807, 2.05) is 22.7 Å². The van der Waals surface area contributed by atoms with Gasteiger partial charge in [-0.1, -0.05) is 0 Å². The van der Waals surface area contributed by atoms with Crippen molar-refractivity contribution in [2.24, 2.45) is 0 Å². The van der Waals surface area contributed by atoms with E-state index in [9.17, 15) is 5.26 Å². The normalized spacial score (nSPS) is 13.2. The summed E-state index contributed by atoms with van der Waals surface area (Å²) >= 11 is -0.310. The summed E-state index contributed by atoms with van der Waals surface area (Å²) in [6.07, 6.45) is 2.07. The van der Waals surface area contributed by atoms with Gasteiger partial charge in [-0.15, -0.1) is 0 Å². The van der Waals surface area contributed by atoms with E-state index in [-0.39, 0.29) is 0 Å². The third-order valence-corrected chi connectivity index (χ3v) is 24.5. The second-order valence-corrected chi connectivity index (χ2v) is 40.6. The SMILES string of the molecule is [CH3][Sn]([CH3])([CH3])[c]1ccc(/C=C(\C#N)c2cc[c]([Sn]([CH3])([CH3])[CH3])s2)s1. The van der Waals surface area contributed by atoms with Crippen LogP contribution in [0.2, 0.25) is 29.6 Å². The molecule has 0 spiro atoms. The molecule has 0 radical (unpaired) electrons. The van der Waals surface area contributed by atoms with Gasteiger partial charge < -0.3 is 0 Å². The molecule has 0 aromatic carbocycles. The number of hydrogen-bond acceptors (Lipinski definition) is 3. The molecule has 2 rings (SSSR count). The fraction of sp³-hybridized carbons (Fsp3) is 0.353. The van der Waals surface area contributed by atoms with Crippen LogP contribution in [0.1, 0.15) is 9.75 Å². The monoisotopic (exact) mass is 545 g/mol. The van der Waals surface area contributed by atoms with E-state index in [1.165, 1.54) is 7.77 Å². The van der Waals surface area contributed by atoms with Gasteiger partial charge in [0.25, 0.3) is 0 Å². The molecule has 0 aliphatic carbocycles. The summed E-state index contributed by atoms with van der Waals surface area (Å²) in [7, 11) is 0. The van der Waals surface area contributed by atoms with Crippen LogP contribution in [0.4, 0.5) is 0 Å².